The van der Waals surface area contributed by atoms with E-state index in [1.165, 1.54) is 0 Å². The molecule has 1 atom stereocenters. The number of nitrogens with one attached hydrogen (secondary N) is 2. The van der Waals surface area contributed by atoms with Gasteiger partial charge in [-0.15, -0.1) is 0 Å². The van der Waals surface area contributed by atoms with E-state index >= 15 is 0 Å². The van der Waals surface area contributed by atoms with Gasteiger partial charge in [0.2, 0.25) is 5.91 Å². The molecule has 2 N–H and O–H groups in total. The van der Waals surface area contributed by atoms with Crippen LogP contribution in [0.25, 0.3) is 0 Å². The monoisotopic (exact) mass is 477 g/mol. The average molecular weight is 478 g/mol. The summed E-state index contributed by atoms with van der Waals surface area (Å²) in [6.07, 6.45) is 3.80. The average Bonchev–Trinajstić information content (AvgIpc) is 3.46. The lowest BCUT2D eigenvalue weighted by atomic mass is 9.84. The van der Waals surface area contributed by atoms with Gasteiger partial charge in [-0.05, 0) is 48.4 Å². The first kappa shape index (κ1) is 23.2. The zero-order chi connectivity index (χ0) is 25.0. The van der Waals surface area contributed by atoms with Crippen molar-refractivity contribution < 1.29 is 23.9 Å². The molecule has 0 bridgehead atoms. The predicted octanol–water partition coefficient (Wildman–Crippen LogP) is 4.43. The van der Waals surface area contributed by atoms with Gasteiger partial charge in [0.05, 0.1) is 0 Å². The Labute approximate surface area is 205 Å². The summed E-state index contributed by atoms with van der Waals surface area (Å²) in [5.74, 6) is -0.274. The SMILES string of the molecule is CC(C)(C)c1ccc(C2(C)NC(=O)N(CC(=O)Nc3ccc4c(c3)OC3(CCCC3)O4)C2=O)cc1. The zero-order valence-electron chi connectivity index (χ0n) is 20.6. The number of amides is 4. The normalized spacial score (nSPS) is 22.6. The standard InChI is InChI=1S/C27H31N3O5/c1-25(2,3)17-7-9-18(10-8-17)26(4)23(32)30(24(33)29-26)16-22(31)28-19-11-12-20-21(15-19)35-27(34-20)13-5-6-14-27/h7-12,15H,5-6,13-14,16H2,1-4H3,(H,28,31)(H,29,33). The maximum absolute atomic E-state index is 13.2. The summed E-state index contributed by atoms with van der Waals surface area (Å²) in [6, 6.07) is 12.2. The second kappa shape index (κ2) is 8.00. The molecule has 184 valence electrons. The Morgan fingerprint density at radius 3 is 2.34 bits per heavy atom. The van der Waals surface area contributed by atoms with E-state index in [1.807, 2.05) is 24.3 Å². The Morgan fingerprint density at radius 1 is 1.03 bits per heavy atom. The van der Waals surface area contributed by atoms with Crippen LogP contribution in [0.1, 0.15) is 64.5 Å². The number of rotatable bonds is 4. The van der Waals surface area contributed by atoms with Crippen LogP contribution in [0.5, 0.6) is 11.5 Å². The fourth-order valence-electron chi connectivity index (χ4n) is 4.97. The zero-order valence-corrected chi connectivity index (χ0v) is 20.6. The molecular weight excluding hydrogens is 446 g/mol. The highest BCUT2D eigenvalue weighted by atomic mass is 16.7. The summed E-state index contributed by atoms with van der Waals surface area (Å²) < 4.78 is 12.0. The van der Waals surface area contributed by atoms with E-state index in [2.05, 4.69) is 31.4 Å². The predicted molar refractivity (Wildman–Crippen MR) is 130 cm³/mol. The second-order valence-electron chi connectivity index (χ2n) is 10.8. The topological polar surface area (TPSA) is 97.0 Å². The molecule has 2 aromatic rings. The van der Waals surface area contributed by atoms with Gasteiger partial charge in [0.1, 0.15) is 12.1 Å². The number of carbonyl (C=O) groups excluding carboxylic acids is 3. The summed E-state index contributed by atoms with van der Waals surface area (Å²) in [6.45, 7) is 7.60. The second-order valence-corrected chi connectivity index (χ2v) is 10.8. The van der Waals surface area contributed by atoms with Gasteiger partial charge in [-0.1, -0.05) is 45.0 Å². The minimum atomic E-state index is -1.23. The molecule has 2 aliphatic heterocycles. The fourth-order valence-corrected chi connectivity index (χ4v) is 4.97. The number of carbonyl (C=O) groups is 3. The molecule has 2 aromatic carbocycles. The molecular formula is C27H31N3O5. The molecule has 1 spiro atoms. The van der Waals surface area contributed by atoms with Gasteiger partial charge < -0.3 is 20.1 Å². The third kappa shape index (κ3) is 4.11. The van der Waals surface area contributed by atoms with E-state index in [0.29, 0.717) is 22.7 Å². The molecule has 8 heteroatoms. The number of fused-ring (bicyclic) bond motifs is 1. The Balaban J connectivity index is 1.26. The maximum Gasteiger partial charge on any atom is 0.325 e. The van der Waals surface area contributed by atoms with Crippen molar-refractivity contribution in [2.24, 2.45) is 0 Å². The molecule has 2 fully saturated rings. The Morgan fingerprint density at radius 2 is 1.69 bits per heavy atom. The Bertz CT molecular complexity index is 1190. The van der Waals surface area contributed by atoms with Crippen molar-refractivity contribution in [2.75, 3.05) is 11.9 Å². The molecule has 0 radical (unpaired) electrons. The first-order chi connectivity index (χ1) is 16.5. The van der Waals surface area contributed by atoms with Crippen molar-refractivity contribution in [3.63, 3.8) is 0 Å². The number of hydrogen-bond acceptors (Lipinski definition) is 5. The van der Waals surface area contributed by atoms with E-state index in [-0.39, 0.29) is 5.41 Å². The Kier molecular flexibility index (Phi) is 5.30. The van der Waals surface area contributed by atoms with Gasteiger partial charge in [-0.2, -0.15) is 0 Å². The van der Waals surface area contributed by atoms with E-state index < -0.39 is 35.7 Å². The van der Waals surface area contributed by atoms with Crippen molar-refractivity contribution in [1.82, 2.24) is 10.2 Å². The van der Waals surface area contributed by atoms with Gasteiger partial charge >= 0.3 is 6.03 Å². The summed E-state index contributed by atoms with van der Waals surface area (Å²) in [7, 11) is 0. The van der Waals surface area contributed by atoms with Gasteiger partial charge in [0.15, 0.2) is 11.5 Å². The molecule has 1 unspecified atom stereocenters. The van der Waals surface area contributed by atoms with Gasteiger partial charge in [-0.3, -0.25) is 14.5 Å². The van der Waals surface area contributed by atoms with Gasteiger partial charge in [0, 0.05) is 24.6 Å². The summed E-state index contributed by atoms with van der Waals surface area (Å²) in [5.41, 5.74) is 1.05. The molecule has 2 heterocycles. The van der Waals surface area contributed by atoms with Crippen LogP contribution in [0.3, 0.4) is 0 Å². The van der Waals surface area contributed by atoms with E-state index in [1.54, 1.807) is 25.1 Å². The molecule has 8 nitrogen and oxygen atoms in total. The molecule has 35 heavy (non-hydrogen) atoms. The minimum Gasteiger partial charge on any atom is -0.448 e. The third-order valence-electron chi connectivity index (χ3n) is 7.09. The number of nitrogens with zero attached hydrogens (tertiary/aromatic N) is 1. The minimum absolute atomic E-state index is 0.0289. The van der Waals surface area contributed by atoms with E-state index in [4.69, 9.17) is 9.47 Å². The molecule has 4 amide bonds. The van der Waals surface area contributed by atoms with Crippen molar-refractivity contribution >= 4 is 23.5 Å². The van der Waals surface area contributed by atoms with Crippen LogP contribution in [0.15, 0.2) is 42.5 Å². The smallest absolute Gasteiger partial charge is 0.325 e. The van der Waals surface area contributed by atoms with Crippen LogP contribution >= 0.6 is 0 Å². The van der Waals surface area contributed by atoms with Crippen LogP contribution < -0.4 is 20.1 Å². The van der Waals surface area contributed by atoms with Crippen molar-refractivity contribution in [2.45, 2.75) is 70.1 Å². The highest BCUT2D eigenvalue weighted by Crippen LogP contribution is 2.47. The number of imide groups is 1. The first-order valence-corrected chi connectivity index (χ1v) is 12.1. The van der Waals surface area contributed by atoms with Crippen LogP contribution in [-0.4, -0.2) is 35.1 Å². The third-order valence-corrected chi connectivity index (χ3v) is 7.09. The van der Waals surface area contributed by atoms with Gasteiger partial charge in [-0.25, -0.2) is 4.79 Å². The molecule has 1 saturated heterocycles. The van der Waals surface area contributed by atoms with Crippen LogP contribution in [0.4, 0.5) is 10.5 Å². The number of urea groups is 1. The molecule has 1 aliphatic carbocycles. The number of ether oxygens (including phenoxy) is 2. The Hall–Kier alpha value is -3.55. The van der Waals surface area contributed by atoms with E-state index in [0.717, 1.165) is 36.1 Å². The highest BCUT2D eigenvalue weighted by Gasteiger charge is 2.49. The number of anilines is 1. The number of hydrogen-bond donors (Lipinski definition) is 2. The molecule has 5 rings (SSSR count). The van der Waals surface area contributed by atoms with Crippen molar-refractivity contribution in [3.05, 3.63) is 53.6 Å². The molecule has 3 aliphatic rings. The van der Waals surface area contributed by atoms with Crippen LogP contribution in [0.2, 0.25) is 0 Å². The lowest BCUT2D eigenvalue weighted by molar-refractivity contribution is -0.133. The number of benzene rings is 2. The van der Waals surface area contributed by atoms with Crippen molar-refractivity contribution in [3.8, 4) is 11.5 Å². The lowest BCUT2D eigenvalue weighted by Crippen LogP contribution is -2.42. The molecule has 0 aromatic heterocycles. The molecule has 1 saturated carbocycles. The van der Waals surface area contributed by atoms with Crippen molar-refractivity contribution in [1.29, 1.82) is 0 Å². The first-order valence-electron chi connectivity index (χ1n) is 12.1. The summed E-state index contributed by atoms with van der Waals surface area (Å²) in [4.78, 5) is 39.6. The van der Waals surface area contributed by atoms with Crippen LogP contribution in [0, 0.1) is 0 Å². The lowest BCUT2D eigenvalue weighted by Gasteiger charge is -2.24. The highest BCUT2D eigenvalue weighted by molar-refractivity contribution is 6.10. The van der Waals surface area contributed by atoms with Gasteiger partial charge in [0.25, 0.3) is 11.7 Å². The fraction of sp³-hybridized carbons (Fsp3) is 0.444. The largest absolute Gasteiger partial charge is 0.448 e. The summed E-state index contributed by atoms with van der Waals surface area (Å²) in [5, 5.41) is 5.52. The maximum atomic E-state index is 13.2. The van der Waals surface area contributed by atoms with Crippen LogP contribution in [-0.2, 0) is 20.5 Å². The van der Waals surface area contributed by atoms with E-state index in [9.17, 15) is 14.4 Å². The quantitative estimate of drug-likeness (QED) is 0.635. The summed E-state index contributed by atoms with van der Waals surface area (Å²) >= 11 is 0.